The van der Waals surface area contributed by atoms with Gasteiger partial charge in [-0.2, -0.15) is 0 Å². The van der Waals surface area contributed by atoms with Crippen LogP contribution in [0.25, 0.3) is 0 Å². The van der Waals surface area contributed by atoms with E-state index in [2.05, 4.69) is 14.7 Å². The molecular weight excluding hydrogens is 305 g/mol. The second kappa shape index (κ2) is 4.77. The predicted octanol–water partition coefficient (Wildman–Crippen LogP) is 2.65. The number of anilines is 1. The zero-order valence-corrected chi connectivity index (χ0v) is 11.2. The molecule has 2 heterocycles. The summed E-state index contributed by atoms with van der Waals surface area (Å²) in [6.45, 7) is 0. The molecule has 9 heteroatoms. The molecule has 17 heavy (non-hydrogen) atoms. The fourth-order valence-corrected chi connectivity index (χ4v) is 3.46. The molecular formula is C8H5Cl2N3O2S2. The van der Waals surface area contributed by atoms with E-state index in [4.69, 9.17) is 23.2 Å². The fraction of sp³-hybridized carbons (Fsp3) is 0. The highest BCUT2D eigenvalue weighted by molar-refractivity contribution is 7.94. The van der Waals surface area contributed by atoms with Crippen molar-refractivity contribution >= 4 is 50.4 Å². The maximum atomic E-state index is 11.8. The van der Waals surface area contributed by atoms with E-state index in [1.165, 1.54) is 18.5 Å². The van der Waals surface area contributed by atoms with Gasteiger partial charge in [0.1, 0.15) is 5.82 Å². The first-order valence-corrected chi connectivity index (χ1v) is 7.29. The van der Waals surface area contributed by atoms with Crippen LogP contribution in [-0.4, -0.2) is 18.4 Å². The quantitative estimate of drug-likeness (QED) is 0.946. The number of pyridine rings is 1. The molecule has 0 fully saturated rings. The number of thiazole rings is 1. The Morgan fingerprint density at radius 1 is 1.29 bits per heavy atom. The summed E-state index contributed by atoms with van der Waals surface area (Å²) < 4.78 is 26.1. The molecule has 0 saturated heterocycles. The average Bonchev–Trinajstić information content (AvgIpc) is 2.65. The van der Waals surface area contributed by atoms with Crippen LogP contribution >= 0.6 is 34.5 Å². The Kier molecular flexibility index (Phi) is 3.53. The predicted molar refractivity (Wildman–Crippen MR) is 67.2 cm³/mol. The molecule has 0 amide bonds. The first-order chi connectivity index (χ1) is 7.97. The van der Waals surface area contributed by atoms with Gasteiger partial charge in [0.05, 0.1) is 6.20 Å². The number of nitrogens with one attached hydrogen (secondary N) is 1. The van der Waals surface area contributed by atoms with Gasteiger partial charge >= 0.3 is 0 Å². The topological polar surface area (TPSA) is 72.0 Å². The van der Waals surface area contributed by atoms with Crippen molar-refractivity contribution in [2.45, 2.75) is 4.21 Å². The third kappa shape index (κ3) is 3.06. The summed E-state index contributed by atoms with van der Waals surface area (Å²) in [4.78, 5) is 7.49. The van der Waals surface area contributed by atoms with Crippen LogP contribution in [0.3, 0.4) is 0 Å². The van der Waals surface area contributed by atoms with Crippen LogP contribution in [-0.2, 0) is 10.0 Å². The van der Waals surface area contributed by atoms with Crippen molar-refractivity contribution in [3.05, 3.63) is 34.0 Å². The Balaban J connectivity index is 2.29. The van der Waals surface area contributed by atoms with Crippen LogP contribution in [0.5, 0.6) is 0 Å². The van der Waals surface area contributed by atoms with Crippen molar-refractivity contribution in [2.75, 3.05) is 4.72 Å². The first kappa shape index (κ1) is 12.6. The highest BCUT2D eigenvalue weighted by Crippen LogP contribution is 2.24. The van der Waals surface area contributed by atoms with E-state index in [1.807, 2.05) is 0 Å². The monoisotopic (exact) mass is 309 g/mol. The van der Waals surface area contributed by atoms with E-state index < -0.39 is 10.0 Å². The van der Waals surface area contributed by atoms with Gasteiger partial charge in [0.25, 0.3) is 10.0 Å². The highest BCUT2D eigenvalue weighted by Gasteiger charge is 2.18. The number of nitrogens with zero attached hydrogens (tertiary/aromatic N) is 2. The minimum atomic E-state index is -3.71. The van der Waals surface area contributed by atoms with Crippen molar-refractivity contribution in [3.8, 4) is 0 Å². The fourth-order valence-electron chi connectivity index (χ4n) is 1.01. The molecule has 0 aliphatic carbocycles. The van der Waals surface area contributed by atoms with E-state index in [0.29, 0.717) is 5.02 Å². The SMILES string of the molecule is O=S(=O)(Nc1cc(Cl)ccn1)c1cnc(Cl)s1. The van der Waals surface area contributed by atoms with E-state index in [0.717, 1.165) is 11.3 Å². The average molecular weight is 310 g/mol. The van der Waals surface area contributed by atoms with Crippen LogP contribution in [0.2, 0.25) is 9.49 Å². The number of sulfonamides is 1. The molecule has 2 rings (SSSR count). The number of halogens is 2. The normalized spacial score (nSPS) is 11.4. The Morgan fingerprint density at radius 3 is 2.65 bits per heavy atom. The number of aromatic nitrogens is 2. The molecule has 0 bridgehead atoms. The van der Waals surface area contributed by atoms with Crippen LogP contribution in [0.15, 0.2) is 28.7 Å². The molecule has 0 aliphatic heterocycles. The third-order valence-electron chi connectivity index (χ3n) is 1.68. The van der Waals surface area contributed by atoms with Gasteiger partial charge < -0.3 is 0 Å². The molecule has 0 atom stereocenters. The van der Waals surface area contributed by atoms with Gasteiger partial charge in [0.2, 0.25) is 0 Å². The zero-order chi connectivity index (χ0) is 12.5. The molecule has 0 aliphatic rings. The Hall–Kier alpha value is -0.890. The van der Waals surface area contributed by atoms with E-state index in [9.17, 15) is 8.42 Å². The zero-order valence-electron chi connectivity index (χ0n) is 8.09. The van der Waals surface area contributed by atoms with Crippen molar-refractivity contribution < 1.29 is 8.42 Å². The summed E-state index contributed by atoms with van der Waals surface area (Å²) in [5.41, 5.74) is 0. The van der Waals surface area contributed by atoms with Crippen LogP contribution in [0.4, 0.5) is 5.82 Å². The summed E-state index contributed by atoms with van der Waals surface area (Å²) >= 11 is 12.2. The van der Waals surface area contributed by atoms with Gasteiger partial charge in [-0.05, 0) is 6.07 Å². The molecule has 0 saturated carbocycles. The number of hydrogen-bond donors (Lipinski definition) is 1. The molecule has 5 nitrogen and oxygen atoms in total. The standard InChI is InChI=1S/C8H5Cl2N3O2S2/c9-5-1-2-11-6(3-5)13-17(14,15)7-4-12-8(10)16-7/h1-4H,(H,11,13). The first-order valence-electron chi connectivity index (χ1n) is 4.23. The number of rotatable bonds is 3. The molecule has 0 unspecified atom stereocenters. The van der Waals surface area contributed by atoms with E-state index in [-0.39, 0.29) is 14.5 Å². The second-order valence-corrected chi connectivity index (χ2v) is 6.86. The van der Waals surface area contributed by atoms with Gasteiger partial charge in [-0.3, -0.25) is 4.72 Å². The maximum Gasteiger partial charge on any atom is 0.274 e. The lowest BCUT2D eigenvalue weighted by Gasteiger charge is -2.04. The lowest BCUT2D eigenvalue weighted by molar-refractivity contribution is 0.603. The summed E-state index contributed by atoms with van der Waals surface area (Å²) in [5, 5.41) is 0.389. The van der Waals surface area contributed by atoms with Gasteiger partial charge in [0.15, 0.2) is 8.68 Å². The smallest absolute Gasteiger partial charge is 0.263 e. The Bertz CT molecular complexity index is 642. The van der Waals surface area contributed by atoms with Gasteiger partial charge in [-0.15, -0.1) is 0 Å². The lowest BCUT2D eigenvalue weighted by Crippen LogP contribution is -2.12. The van der Waals surface area contributed by atoms with Crippen molar-refractivity contribution in [2.24, 2.45) is 0 Å². The van der Waals surface area contributed by atoms with Crippen molar-refractivity contribution in [3.63, 3.8) is 0 Å². The van der Waals surface area contributed by atoms with Gasteiger partial charge in [-0.25, -0.2) is 18.4 Å². The maximum absolute atomic E-state index is 11.8. The summed E-state index contributed by atoms with van der Waals surface area (Å²) in [7, 11) is -3.71. The summed E-state index contributed by atoms with van der Waals surface area (Å²) in [5.74, 6) is 0.141. The highest BCUT2D eigenvalue weighted by atomic mass is 35.5. The second-order valence-electron chi connectivity index (χ2n) is 2.90. The molecule has 0 spiro atoms. The molecule has 2 aromatic heterocycles. The molecule has 0 aromatic carbocycles. The summed E-state index contributed by atoms with van der Waals surface area (Å²) in [6.07, 6.45) is 2.58. The molecule has 90 valence electrons. The summed E-state index contributed by atoms with van der Waals surface area (Å²) in [6, 6.07) is 2.95. The number of hydrogen-bond acceptors (Lipinski definition) is 5. The van der Waals surface area contributed by atoms with Gasteiger partial charge in [-0.1, -0.05) is 34.5 Å². The third-order valence-corrected chi connectivity index (χ3v) is 4.85. The molecule has 2 aromatic rings. The van der Waals surface area contributed by atoms with E-state index >= 15 is 0 Å². The largest absolute Gasteiger partial charge is 0.274 e. The molecule has 0 radical (unpaired) electrons. The lowest BCUT2D eigenvalue weighted by atomic mass is 10.5. The minimum absolute atomic E-state index is 0.0178. The van der Waals surface area contributed by atoms with Crippen molar-refractivity contribution in [1.82, 2.24) is 9.97 Å². The minimum Gasteiger partial charge on any atom is -0.263 e. The van der Waals surface area contributed by atoms with Crippen LogP contribution in [0, 0.1) is 0 Å². The Labute approximate surface area is 111 Å². The van der Waals surface area contributed by atoms with Crippen LogP contribution in [0.1, 0.15) is 0 Å². The Morgan fingerprint density at radius 2 is 2.06 bits per heavy atom. The van der Waals surface area contributed by atoms with Gasteiger partial charge in [0, 0.05) is 17.3 Å². The van der Waals surface area contributed by atoms with E-state index in [1.54, 1.807) is 6.07 Å². The molecule has 1 N–H and O–H groups in total. The van der Waals surface area contributed by atoms with Crippen molar-refractivity contribution in [1.29, 1.82) is 0 Å². The van der Waals surface area contributed by atoms with Crippen LogP contribution < -0.4 is 4.72 Å².